The van der Waals surface area contributed by atoms with Crippen molar-refractivity contribution in [3.05, 3.63) is 28.2 Å². The van der Waals surface area contributed by atoms with Crippen LogP contribution in [0.4, 0.5) is 5.69 Å². The van der Waals surface area contributed by atoms with E-state index in [1.54, 1.807) is 0 Å². The summed E-state index contributed by atoms with van der Waals surface area (Å²) in [6.45, 7) is 8.38. The van der Waals surface area contributed by atoms with Crippen LogP contribution in [0.3, 0.4) is 0 Å². The molecule has 0 spiro atoms. The van der Waals surface area contributed by atoms with Crippen LogP contribution in [0.2, 0.25) is 0 Å². The lowest BCUT2D eigenvalue weighted by Crippen LogP contribution is -2.49. The van der Waals surface area contributed by atoms with Crippen LogP contribution in [0, 0.1) is 0 Å². The molecule has 0 bridgehead atoms. The monoisotopic (exact) mass is 340 g/mol. The third-order valence-electron chi connectivity index (χ3n) is 3.73. The number of hydrogen-bond donors (Lipinski definition) is 2. The van der Waals surface area contributed by atoms with E-state index in [0.717, 1.165) is 41.9 Å². The first-order valence-corrected chi connectivity index (χ1v) is 7.58. The van der Waals surface area contributed by atoms with E-state index in [-0.39, 0.29) is 5.84 Å². The lowest BCUT2D eigenvalue weighted by atomic mass is 10.1. The maximum atomic E-state index is 8.92. The van der Waals surface area contributed by atoms with Crippen LogP contribution in [-0.2, 0) is 0 Å². The number of nitrogens with two attached hydrogens (primary N) is 1. The second-order valence-corrected chi connectivity index (χ2v) is 6.18. The topological polar surface area (TPSA) is 65.1 Å². The lowest BCUT2D eigenvalue weighted by molar-refractivity contribution is 0.209. The summed E-state index contributed by atoms with van der Waals surface area (Å²) in [7, 11) is 0. The Bertz CT molecular complexity index is 496. The molecular formula is C14H21BrN4O. The van der Waals surface area contributed by atoms with E-state index < -0.39 is 0 Å². The zero-order chi connectivity index (χ0) is 14.7. The molecule has 0 aromatic heterocycles. The number of amidine groups is 1. The Labute approximate surface area is 128 Å². The van der Waals surface area contributed by atoms with Crippen molar-refractivity contribution in [3.8, 4) is 0 Å². The van der Waals surface area contributed by atoms with Gasteiger partial charge in [-0.1, -0.05) is 21.1 Å². The van der Waals surface area contributed by atoms with Crippen LogP contribution in [0.1, 0.15) is 19.4 Å². The Balaban J connectivity index is 2.23. The molecular weight excluding hydrogens is 320 g/mol. The van der Waals surface area contributed by atoms with Crippen LogP contribution in [0.15, 0.2) is 27.8 Å². The first-order valence-electron chi connectivity index (χ1n) is 6.79. The van der Waals surface area contributed by atoms with E-state index in [1.807, 2.05) is 18.2 Å². The number of halogens is 1. The number of rotatable bonds is 3. The minimum Gasteiger partial charge on any atom is -0.409 e. The summed E-state index contributed by atoms with van der Waals surface area (Å²) in [5.74, 6) is 0.152. The average molecular weight is 341 g/mol. The molecule has 0 amide bonds. The first kappa shape index (κ1) is 15.1. The molecule has 1 aliphatic rings. The summed E-state index contributed by atoms with van der Waals surface area (Å²) in [5, 5.41) is 12.0. The van der Waals surface area contributed by atoms with E-state index in [9.17, 15) is 0 Å². The van der Waals surface area contributed by atoms with Crippen molar-refractivity contribution in [1.82, 2.24) is 4.90 Å². The number of hydrogen-bond acceptors (Lipinski definition) is 4. The Morgan fingerprint density at radius 1 is 1.30 bits per heavy atom. The molecule has 1 saturated heterocycles. The molecule has 1 aliphatic heterocycles. The molecule has 2 rings (SSSR count). The van der Waals surface area contributed by atoms with Gasteiger partial charge in [0, 0.05) is 47.9 Å². The van der Waals surface area contributed by atoms with Crippen LogP contribution in [0.25, 0.3) is 0 Å². The van der Waals surface area contributed by atoms with Crippen molar-refractivity contribution in [2.24, 2.45) is 10.9 Å². The summed E-state index contributed by atoms with van der Waals surface area (Å²) < 4.78 is 0.994. The molecule has 5 nitrogen and oxygen atoms in total. The zero-order valence-electron chi connectivity index (χ0n) is 11.9. The molecule has 0 unspecified atom stereocenters. The number of benzene rings is 1. The SMILES string of the molecule is CC(C)N1CCN(c2cc(Br)ccc2/C(N)=N/O)CC1. The molecule has 1 aromatic rings. The average Bonchev–Trinajstić information content (AvgIpc) is 2.46. The predicted molar refractivity (Wildman–Crippen MR) is 85.6 cm³/mol. The quantitative estimate of drug-likeness (QED) is 0.382. The van der Waals surface area contributed by atoms with Gasteiger partial charge < -0.3 is 15.8 Å². The standard InChI is InChI=1S/C14H21BrN4O/c1-10(2)18-5-7-19(8-6-18)13-9-11(15)3-4-12(13)14(16)17-20/h3-4,9-10,20H,5-8H2,1-2H3,(H2,16,17). The minimum atomic E-state index is 0.152. The van der Waals surface area contributed by atoms with Gasteiger partial charge in [0.1, 0.15) is 0 Å². The third-order valence-corrected chi connectivity index (χ3v) is 4.22. The van der Waals surface area contributed by atoms with E-state index in [0.29, 0.717) is 6.04 Å². The largest absolute Gasteiger partial charge is 0.409 e. The van der Waals surface area contributed by atoms with Crippen LogP contribution >= 0.6 is 15.9 Å². The number of oxime groups is 1. The van der Waals surface area contributed by atoms with Crippen molar-refractivity contribution in [2.45, 2.75) is 19.9 Å². The van der Waals surface area contributed by atoms with Crippen molar-refractivity contribution in [3.63, 3.8) is 0 Å². The van der Waals surface area contributed by atoms with Crippen LogP contribution in [-0.4, -0.2) is 48.2 Å². The second-order valence-electron chi connectivity index (χ2n) is 5.26. The predicted octanol–water partition coefficient (Wildman–Crippen LogP) is 2.07. The molecule has 0 atom stereocenters. The Morgan fingerprint density at radius 2 is 1.95 bits per heavy atom. The molecule has 1 aromatic carbocycles. The van der Waals surface area contributed by atoms with Gasteiger partial charge in [0.15, 0.2) is 5.84 Å². The van der Waals surface area contributed by atoms with E-state index in [1.165, 1.54) is 0 Å². The van der Waals surface area contributed by atoms with Gasteiger partial charge in [-0.2, -0.15) is 0 Å². The van der Waals surface area contributed by atoms with Gasteiger partial charge in [0.2, 0.25) is 0 Å². The third kappa shape index (κ3) is 3.24. The molecule has 3 N–H and O–H groups in total. The summed E-state index contributed by atoms with van der Waals surface area (Å²) >= 11 is 3.49. The highest BCUT2D eigenvalue weighted by molar-refractivity contribution is 9.10. The molecule has 6 heteroatoms. The van der Waals surface area contributed by atoms with E-state index >= 15 is 0 Å². The smallest absolute Gasteiger partial charge is 0.172 e. The van der Waals surface area contributed by atoms with Gasteiger partial charge in [-0.15, -0.1) is 0 Å². The van der Waals surface area contributed by atoms with Gasteiger partial charge in [0.25, 0.3) is 0 Å². The van der Waals surface area contributed by atoms with Gasteiger partial charge in [-0.05, 0) is 32.0 Å². The highest BCUT2D eigenvalue weighted by Gasteiger charge is 2.21. The molecule has 20 heavy (non-hydrogen) atoms. The van der Waals surface area contributed by atoms with Crippen molar-refractivity contribution < 1.29 is 5.21 Å². The minimum absolute atomic E-state index is 0.152. The van der Waals surface area contributed by atoms with Gasteiger partial charge in [0.05, 0.1) is 0 Å². The molecule has 0 saturated carbocycles. The normalized spacial score (nSPS) is 17.8. The highest BCUT2D eigenvalue weighted by atomic mass is 79.9. The highest BCUT2D eigenvalue weighted by Crippen LogP contribution is 2.26. The van der Waals surface area contributed by atoms with Gasteiger partial charge >= 0.3 is 0 Å². The fourth-order valence-corrected chi connectivity index (χ4v) is 2.87. The summed E-state index contributed by atoms with van der Waals surface area (Å²) in [4.78, 5) is 4.74. The summed E-state index contributed by atoms with van der Waals surface area (Å²) in [6.07, 6.45) is 0. The molecule has 1 heterocycles. The lowest BCUT2D eigenvalue weighted by Gasteiger charge is -2.38. The maximum absolute atomic E-state index is 8.92. The Morgan fingerprint density at radius 3 is 2.50 bits per heavy atom. The van der Waals surface area contributed by atoms with E-state index in [4.69, 9.17) is 10.9 Å². The number of piperazine rings is 1. The van der Waals surface area contributed by atoms with Crippen molar-refractivity contribution >= 4 is 27.5 Å². The fourth-order valence-electron chi connectivity index (χ4n) is 2.52. The molecule has 1 fully saturated rings. The Hall–Kier alpha value is -1.27. The molecule has 0 radical (unpaired) electrons. The summed E-state index contributed by atoms with van der Waals surface area (Å²) in [5.41, 5.74) is 7.56. The van der Waals surface area contributed by atoms with Gasteiger partial charge in [-0.25, -0.2) is 0 Å². The molecule has 0 aliphatic carbocycles. The molecule has 110 valence electrons. The van der Waals surface area contributed by atoms with E-state index in [2.05, 4.69) is 44.7 Å². The van der Waals surface area contributed by atoms with Crippen LogP contribution in [0.5, 0.6) is 0 Å². The second kappa shape index (κ2) is 6.45. The Kier molecular flexibility index (Phi) is 4.88. The zero-order valence-corrected chi connectivity index (χ0v) is 13.5. The maximum Gasteiger partial charge on any atom is 0.172 e. The first-order chi connectivity index (χ1) is 9.52. The van der Waals surface area contributed by atoms with Crippen molar-refractivity contribution in [1.29, 1.82) is 0 Å². The van der Waals surface area contributed by atoms with Crippen molar-refractivity contribution in [2.75, 3.05) is 31.1 Å². The van der Waals surface area contributed by atoms with Gasteiger partial charge in [-0.3, -0.25) is 4.90 Å². The number of anilines is 1. The summed E-state index contributed by atoms with van der Waals surface area (Å²) in [6, 6.07) is 6.38. The van der Waals surface area contributed by atoms with Crippen LogP contribution < -0.4 is 10.6 Å². The number of nitrogens with zero attached hydrogens (tertiary/aromatic N) is 3. The fraction of sp³-hybridized carbons (Fsp3) is 0.500.